The average molecular weight is 207 g/mol. The number of nitriles is 1. The third-order valence-electron chi connectivity index (χ3n) is 1.81. The topological polar surface area (TPSA) is 42.2 Å². The molecule has 0 aliphatic heterocycles. The van der Waals surface area contributed by atoms with E-state index in [2.05, 4.69) is 10.8 Å². The molecule has 1 aromatic rings. The van der Waals surface area contributed by atoms with E-state index in [-0.39, 0.29) is 0 Å². The Balaban J connectivity index is 0.000000423. The van der Waals surface area contributed by atoms with E-state index in [9.17, 15) is 0 Å². The van der Waals surface area contributed by atoms with Gasteiger partial charge in [0.1, 0.15) is 5.75 Å². The Labute approximate surface area is 91.2 Å². The normalized spacial score (nSPS) is 8.47. The summed E-state index contributed by atoms with van der Waals surface area (Å²) in [5.74, 6) is 0.823. The van der Waals surface area contributed by atoms with Crippen molar-refractivity contribution in [2.45, 2.75) is 13.8 Å². The van der Waals surface area contributed by atoms with Crippen molar-refractivity contribution in [3.63, 3.8) is 0 Å². The van der Waals surface area contributed by atoms with Crippen LogP contribution in [0.3, 0.4) is 0 Å². The van der Waals surface area contributed by atoms with Gasteiger partial charge in [-0.1, -0.05) is 0 Å². The van der Waals surface area contributed by atoms with Crippen LogP contribution in [0.1, 0.15) is 18.1 Å². The van der Waals surface area contributed by atoms with Crippen LogP contribution in [0.5, 0.6) is 5.75 Å². The lowest BCUT2D eigenvalue weighted by atomic mass is 10.1. The third kappa shape index (κ3) is 5.04. The predicted octanol–water partition coefficient (Wildman–Crippen LogP) is 2.53. The quantitative estimate of drug-likeness (QED) is 0.748. The number of benzene rings is 1. The van der Waals surface area contributed by atoms with Crippen molar-refractivity contribution in [2.75, 3.05) is 20.8 Å². The first-order valence-corrected chi connectivity index (χ1v) is 4.73. The monoisotopic (exact) mass is 207 g/mol. The largest absolute Gasteiger partial charge is 0.496 e. The summed E-state index contributed by atoms with van der Waals surface area (Å²) in [5, 5.41) is 8.53. The molecule has 0 fully saturated rings. The molecule has 0 heterocycles. The molecule has 0 unspecified atom stereocenters. The van der Waals surface area contributed by atoms with Gasteiger partial charge in [0.25, 0.3) is 0 Å². The first-order chi connectivity index (χ1) is 7.19. The molecule has 0 aromatic heterocycles. The van der Waals surface area contributed by atoms with Gasteiger partial charge in [0, 0.05) is 13.7 Å². The van der Waals surface area contributed by atoms with Crippen LogP contribution in [-0.2, 0) is 4.74 Å². The summed E-state index contributed by atoms with van der Waals surface area (Å²) in [5.41, 5.74) is 1.66. The highest BCUT2D eigenvalue weighted by atomic mass is 16.5. The van der Waals surface area contributed by atoms with E-state index in [0.717, 1.165) is 17.9 Å². The summed E-state index contributed by atoms with van der Waals surface area (Å²) in [6, 6.07) is 7.41. The first kappa shape index (κ1) is 13.5. The van der Waals surface area contributed by atoms with Crippen LogP contribution in [-0.4, -0.2) is 20.8 Å². The van der Waals surface area contributed by atoms with Gasteiger partial charge in [-0.05, 0) is 37.6 Å². The fraction of sp³-hybridized carbons (Fsp3) is 0.417. The molecule has 0 amide bonds. The van der Waals surface area contributed by atoms with Crippen LogP contribution in [0.4, 0.5) is 0 Å². The van der Waals surface area contributed by atoms with Crippen molar-refractivity contribution in [3.05, 3.63) is 29.3 Å². The summed E-state index contributed by atoms with van der Waals surface area (Å²) >= 11 is 0. The molecule has 0 radical (unpaired) electrons. The second-order valence-electron chi connectivity index (χ2n) is 2.87. The predicted molar refractivity (Wildman–Crippen MR) is 60.0 cm³/mol. The zero-order valence-corrected chi connectivity index (χ0v) is 9.70. The Morgan fingerprint density at radius 1 is 1.33 bits per heavy atom. The Morgan fingerprint density at radius 3 is 2.27 bits per heavy atom. The average Bonchev–Trinajstić information content (AvgIpc) is 2.29. The molecule has 1 aromatic carbocycles. The highest BCUT2D eigenvalue weighted by Crippen LogP contribution is 2.17. The minimum atomic E-state index is 0.670. The molecule has 0 saturated carbocycles. The standard InChI is InChI=1S/C9H9NO.C3H8O/c1-7-5-8(6-10)3-4-9(7)11-2;1-3-4-2/h3-5H,1-2H3;3H2,1-2H3. The molecule has 0 atom stereocenters. The molecule has 0 aliphatic rings. The van der Waals surface area contributed by atoms with Crippen LogP contribution in [0.25, 0.3) is 0 Å². The highest BCUT2D eigenvalue weighted by molar-refractivity contribution is 5.40. The van der Waals surface area contributed by atoms with Crippen LogP contribution in [0.2, 0.25) is 0 Å². The number of nitrogens with zero attached hydrogens (tertiary/aromatic N) is 1. The third-order valence-corrected chi connectivity index (χ3v) is 1.81. The van der Waals surface area contributed by atoms with Crippen LogP contribution in [0.15, 0.2) is 18.2 Å². The Hall–Kier alpha value is -1.53. The van der Waals surface area contributed by atoms with Gasteiger partial charge in [0.2, 0.25) is 0 Å². The summed E-state index contributed by atoms with van der Waals surface area (Å²) in [7, 11) is 3.30. The fourth-order valence-electron chi connectivity index (χ4n) is 0.948. The number of ether oxygens (including phenoxy) is 2. The molecule has 0 aliphatic carbocycles. The van der Waals surface area contributed by atoms with Gasteiger partial charge < -0.3 is 9.47 Å². The van der Waals surface area contributed by atoms with E-state index in [1.54, 1.807) is 32.4 Å². The van der Waals surface area contributed by atoms with Crippen LogP contribution >= 0.6 is 0 Å². The van der Waals surface area contributed by atoms with Crippen molar-refractivity contribution in [1.82, 2.24) is 0 Å². The van der Waals surface area contributed by atoms with Crippen LogP contribution < -0.4 is 4.74 Å². The maximum atomic E-state index is 8.53. The lowest BCUT2D eigenvalue weighted by Crippen LogP contribution is -1.86. The van der Waals surface area contributed by atoms with Gasteiger partial charge in [-0.2, -0.15) is 5.26 Å². The molecule has 82 valence electrons. The molecule has 0 N–H and O–H groups in total. The number of methoxy groups -OCH3 is 2. The van der Waals surface area contributed by atoms with E-state index in [4.69, 9.17) is 10.00 Å². The molecule has 1 rings (SSSR count). The van der Waals surface area contributed by atoms with Gasteiger partial charge in [0.15, 0.2) is 0 Å². The Kier molecular flexibility index (Phi) is 7.04. The van der Waals surface area contributed by atoms with E-state index in [0.29, 0.717) is 5.56 Å². The maximum Gasteiger partial charge on any atom is 0.121 e. The Morgan fingerprint density at radius 2 is 1.93 bits per heavy atom. The van der Waals surface area contributed by atoms with Gasteiger partial charge in [-0.15, -0.1) is 0 Å². The summed E-state index contributed by atoms with van der Waals surface area (Å²) in [4.78, 5) is 0. The molecule has 0 spiro atoms. The number of aryl methyl sites for hydroxylation is 1. The van der Waals surface area contributed by atoms with Crippen molar-refractivity contribution < 1.29 is 9.47 Å². The SMILES string of the molecule is CCOC.COc1ccc(C#N)cc1C. The van der Waals surface area contributed by atoms with Gasteiger partial charge in [-0.3, -0.25) is 0 Å². The number of hydrogen-bond donors (Lipinski definition) is 0. The van der Waals surface area contributed by atoms with E-state index in [1.807, 2.05) is 13.8 Å². The summed E-state index contributed by atoms with van der Waals surface area (Å²) in [6.07, 6.45) is 0. The molecule has 15 heavy (non-hydrogen) atoms. The van der Waals surface area contributed by atoms with Crippen molar-refractivity contribution in [3.8, 4) is 11.8 Å². The zero-order valence-electron chi connectivity index (χ0n) is 9.70. The van der Waals surface area contributed by atoms with E-state index in [1.165, 1.54) is 0 Å². The molecule has 3 heteroatoms. The maximum absolute atomic E-state index is 8.53. The van der Waals surface area contributed by atoms with E-state index >= 15 is 0 Å². The molecule has 0 saturated heterocycles. The van der Waals surface area contributed by atoms with Gasteiger partial charge >= 0.3 is 0 Å². The first-order valence-electron chi connectivity index (χ1n) is 4.73. The van der Waals surface area contributed by atoms with Crippen molar-refractivity contribution >= 4 is 0 Å². The van der Waals surface area contributed by atoms with Crippen LogP contribution in [0, 0.1) is 18.3 Å². The van der Waals surface area contributed by atoms with E-state index < -0.39 is 0 Å². The van der Waals surface area contributed by atoms with Crippen molar-refractivity contribution in [2.24, 2.45) is 0 Å². The minimum Gasteiger partial charge on any atom is -0.496 e. The molecular formula is C12H17NO2. The number of hydrogen-bond acceptors (Lipinski definition) is 3. The summed E-state index contributed by atoms with van der Waals surface area (Å²) < 4.78 is 9.58. The lowest BCUT2D eigenvalue weighted by Gasteiger charge is -2.02. The number of rotatable bonds is 2. The molecule has 3 nitrogen and oxygen atoms in total. The smallest absolute Gasteiger partial charge is 0.121 e. The second kappa shape index (κ2) is 7.84. The minimum absolute atomic E-state index is 0.670. The molecular weight excluding hydrogens is 190 g/mol. The van der Waals surface area contributed by atoms with Gasteiger partial charge in [0.05, 0.1) is 18.7 Å². The highest BCUT2D eigenvalue weighted by Gasteiger charge is 1.97. The van der Waals surface area contributed by atoms with Gasteiger partial charge in [-0.25, -0.2) is 0 Å². The molecule has 0 bridgehead atoms. The fourth-order valence-corrected chi connectivity index (χ4v) is 0.948. The second-order valence-corrected chi connectivity index (χ2v) is 2.87. The Bertz CT molecular complexity index is 327. The summed E-state index contributed by atoms with van der Waals surface area (Å²) in [6.45, 7) is 4.69. The lowest BCUT2D eigenvalue weighted by molar-refractivity contribution is 0.215. The zero-order chi connectivity index (χ0) is 11.7. The van der Waals surface area contributed by atoms with Crippen molar-refractivity contribution in [1.29, 1.82) is 5.26 Å².